The van der Waals surface area contributed by atoms with Crippen LogP contribution in [0.3, 0.4) is 0 Å². The Kier molecular flexibility index (Phi) is 3.56. The third-order valence-corrected chi connectivity index (χ3v) is 3.81. The first-order chi connectivity index (χ1) is 10.1. The van der Waals surface area contributed by atoms with E-state index in [4.69, 9.17) is 5.11 Å². The zero-order valence-electron chi connectivity index (χ0n) is 11.8. The fourth-order valence-electron chi connectivity index (χ4n) is 2.76. The van der Waals surface area contributed by atoms with Crippen molar-refractivity contribution >= 4 is 11.8 Å². The van der Waals surface area contributed by atoms with Gasteiger partial charge in [0.2, 0.25) is 0 Å². The molecule has 3 rings (SSSR count). The largest absolute Gasteiger partial charge is 0.476 e. The van der Waals surface area contributed by atoms with Gasteiger partial charge in [0, 0.05) is 0 Å². The fourth-order valence-corrected chi connectivity index (χ4v) is 2.76. The van der Waals surface area contributed by atoms with Crippen molar-refractivity contribution in [1.29, 1.82) is 0 Å². The van der Waals surface area contributed by atoms with Crippen molar-refractivity contribution in [3.63, 3.8) is 0 Å². The summed E-state index contributed by atoms with van der Waals surface area (Å²) in [4.78, 5) is 18.8. The number of carbonyl (C=O) groups is 1. The molecule has 0 aliphatic heterocycles. The van der Waals surface area contributed by atoms with Crippen LogP contribution in [0.2, 0.25) is 0 Å². The quantitative estimate of drug-likeness (QED) is 0.905. The SMILES string of the molecule is Cc1ccc2c(c1)[C@@H](Nc1cnc(C(=O)O)cn1)CCC2. The van der Waals surface area contributed by atoms with E-state index in [0.29, 0.717) is 5.82 Å². The molecule has 1 aliphatic carbocycles. The van der Waals surface area contributed by atoms with Crippen LogP contribution in [0.5, 0.6) is 0 Å². The first-order valence-corrected chi connectivity index (χ1v) is 7.05. The molecule has 0 saturated heterocycles. The standard InChI is InChI=1S/C16H17N3O2/c1-10-5-6-11-3-2-4-13(12(11)7-10)19-15-9-17-14(8-18-15)16(20)21/h5-9,13H,2-4H2,1H3,(H,18,19)(H,20,21)/t13-/m0/s1. The molecule has 2 N–H and O–H groups in total. The molecule has 1 heterocycles. The Balaban J connectivity index is 1.83. The summed E-state index contributed by atoms with van der Waals surface area (Å²) >= 11 is 0. The lowest BCUT2D eigenvalue weighted by Crippen LogP contribution is -2.18. The second-order valence-electron chi connectivity index (χ2n) is 5.38. The molecule has 1 aromatic heterocycles. The number of carboxylic acid groups (broad SMARTS) is 1. The molecule has 1 aromatic carbocycles. The van der Waals surface area contributed by atoms with Gasteiger partial charge in [-0.05, 0) is 37.3 Å². The van der Waals surface area contributed by atoms with Gasteiger partial charge in [-0.1, -0.05) is 23.8 Å². The number of carboxylic acids is 1. The third-order valence-electron chi connectivity index (χ3n) is 3.81. The normalized spacial score (nSPS) is 17.1. The van der Waals surface area contributed by atoms with E-state index < -0.39 is 5.97 Å². The lowest BCUT2D eigenvalue weighted by molar-refractivity contribution is 0.0690. The van der Waals surface area contributed by atoms with Gasteiger partial charge in [0.15, 0.2) is 5.69 Å². The van der Waals surface area contributed by atoms with Crippen molar-refractivity contribution in [2.75, 3.05) is 5.32 Å². The van der Waals surface area contributed by atoms with E-state index in [9.17, 15) is 4.79 Å². The van der Waals surface area contributed by atoms with Crippen LogP contribution in [-0.2, 0) is 6.42 Å². The van der Waals surface area contributed by atoms with Gasteiger partial charge >= 0.3 is 5.97 Å². The van der Waals surface area contributed by atoms with E-state index in [0.717, 1.165) is 19.3 Å². The molecule has 0 radical (unpaired) electrons. The zero-order valence-corrected chi connectivity index (χ0v) is 11.8. The zero-order chi connectivity index (χ0) is 14.8. The monoisotopic (exact) mass is 283 g/mol. The number of rotatable bonds is 3. The smallest absolute Gasteiger partial charge is 0.356 e. The average Bonchev–Trinajstić information content (AvgIpc) is 2.48. The van der Waals surface area contributed by atoms with Crippen LogP contribution in [0, 0.1) is 6.92 Å². The molecule has 0 unspecified atom stereocenters. The minimum Gasteiger partial charge on any atom is -0.476 e. The maximum Gasteiger partial charge on any atom is 0.356 e. The molecule has 0 saturated carbocycles. The molecule has 0 fully saturated rings. The van der Waals surface area contributed by atoms with Crippen molar-refractivity contribution in [3.8, 4) is 0 Å². The first kappa shape index (κ1) is 13.5. The summed E-state index contributed by atoms with van der Waals surface area (Å²) in [7, 11) is 0. The van der Waals surface area contributed by atoms with Gasteiger partial charge in [-0.15, -0.1) is 0 Å². The number of aromatic nitrogens is 2. The number of nitrogens with one attached hydrogen (secondary N) is 1. The number of anilines is 1. The lowest BCUT2D eigenvalue weighted by Gasteiger charge is -2.27. The van der Waals surface area contributed by atoms with Crippen LogP contribution < -0.4 is 5.32 Å². The van der Waals surface area contributed by atoms with Crippen LogP contribution in [-0.4, -0.2) is 21.0 Å². The van der Waals surface area contributed by atoms with Crippen LogP contribution in [0.4, 0.5) is 5.82 Å². The van der Waals surface area contributed by atoms with Crippen molar-refractivity contribution in [3.05, 3.63) is 53.0 Å². The third kappa shape index (κ3) is 2.86. The molecular formula is C16H17N3O2. The Labute approximate surface area is 123 Å². The summed E-state index contributed by atoms with van der Waals surface area (Å²) in [6.45, 7) is 2.09. The van der Waals surface area contributed by atoms with Gasteiger partial charge < -0.3 is 10.4 Å². The summed E-state index contributed by atoms with van der Waals surface area (Å²) < 4.78 is 0. The van der Waals surface area contributed by atoms with Crippen LogP contribution >= 0.6 is 0 Å². The van der Waals surface area contributed by atoms with E-state index in [-0.39, 0.29) is 11.7 Å². The molecule has 0 spiro atoms. The maximum absolute atomic E-state index is 10.8. The summed E-state index contributed by atoms with van der Waals surface area (Å²) in [5.74, 6) is -0.452. The van der Waals surface area contributed by atoms with Crippen molar-refractivity contribution in [2.24, 2.45) is 0 Å². The van der Waals surface area contributed by atoms with Gasteiger partial charge in [0.1, 0.15) is 5.82 Å². The van der Waals surface area contributed by atoms with Crippen molar-refractivity contribution < 1.29 is 9.90 Å². The molecular weight excluding hydrogens is 266 g/mol. The van der Waals surface area contributed by atoms with Gasteiger partial charge in [0.25, 0.3) is 0 Å². The minimum absolute atomic E-state index is 0.0413. The van der Waals surface area contributed by atoms with Crippen molar-refractivity contribution in [1.82, 2.24) is 9.97 Å². The molecule has 0 amide bonds. The highest BCUT2D eigenvalue weighted by molar-refractivity contribution is 5.84. The highest BCUT2D eigenvalue weighted by Gasteiger charge is 2.20. The van der Waals surface area contributed by atoms with E-state index in [1.807, 2.05) is 0 Å². The summed E-state index contributed by atoms with van der Waals surface area (Å²) in [6.07, 6.45) is 6.04. The minimum atomic E-state index is -1.06. The van der Waals surface area contributed by atoms with Gasteiger partial charge in [0.05, 0.1) is 18.4 Å². The first-order valence-electron chi connectivity index (χ1n) is 7.05. The second-order valence-corrected chi connectivity index (χ2v) is 5.38. The number of benzene rings is 1. The van der Waals surface area contributed by atoms with Gasteiger partial charge in [-0.25, -0.2) is 14.8 Å². The Morgan fingerprint density at radius 3 is 2.90 bits per heavy atom. The molecule has 5 nitrogen and oxygen atoms in total. The van der Waals surface area contributed by atoms with Crippen LogP contribution in [0.15, 0.2) is 30.6 Å². The molecule has 0 bridgehead atoms. The number of aromatic carboxylic acids is 1. The summed E-state index contributed by atoms with van der Waals surface area (Å²) in [5, 5.41) is 12.2. The Morgan fingerprint density at radius 2 is 2.19 bits per heavy atom. The lowest BCUT2D eigenvalue weighted by atomic mass is 9.86. The molecule has 108 valence electrons. The highest BCUT2D eigenvalue weighted by atomic mass is 16.4. The van der Waals surface area contributed by atoms with E-state index in [1.54, 1.807) is 0 Å². The molecule has 1 aliphatic rings. The number of hydrogen-bond acceptors (Lipinski definition) is 4. The Bertz CT molecular complexity index is 668. The second kappa shape index (κ2) is 5.52. The van der Waals surface area contributed by atoms with E-state index >= 15 is 0 Å². The Morgan fingerprint density at radius 1 is 1.33 bits per heavy atom. The molecule has 5 heteroatoms. The van der Waals surface area contributed by atoms with E-state index in [2.05, 4.69) is 40.4 Å². The van der Waals surface area contributed by atoms with Crippen LogP contribution in [0.25, 0.3) is 0 Å². The number of aryl methyl sites for hydroxylation is 2. The molecule has 1 atom stereocenters. The predicted molar refractivity (Wildman–Crippen MR) is 79.5 cm³/mol. The molecule has 21 heavy (non-hydrogen) atoms. The fraction of sp³-hybridized carbons (Fsp3) is 0.312. The topological polar surface area (TPSA) is 75.1 Å². The highest BCUT2D eigenvalue weighted by Crippen LogP contribution is 2.32. The number of fused-ring (bicyclic) bond motifs is 1. The van der Waals surface area contributed by atoms with E-state index in [1.165, 1.54) is 29.1 Å². The van der Waals surface area contributed by atoms with Gasteiger partial charge in [-0.2, -0.15) is 0 Å². The summed E-state index contributed by atoms with van der Waals surface area (Å²) in [5.41, 5.74) is 3.89. The predicted octanol–water partition coefficient (Wildman–Crippen LogP) is 2.97. The average molecular weight is 283 g/mol. The molecule has 2 aromatic rings. The van der Waals surface area contributed by atoms with Crippen LogP contribution in [0.1, 0.15) is 46.1 Å². The summed E-state index contributed by atoms with van der Waals surface area (Å²) in [6, 6.07) is 6.75. The Hall–Kier alpha value is -2.43. The van der Waals surface area contributed by atoms with Crippen molar-refractivity contribution in [2.45, 2.75) is 32.2 Å². The van der Waals surface area contributed by atoms with Gasteiger partial charge in [-0.3, -0.25) is 0 Å². The number of hydrogen-bond donors (Lipinski definition) is 2. The number of nitrogens with zero attached hydrogens (tertiary/aromatic N) is 2. The maximum atomic E-state index is 10.8.